The number of aromatic amines is 2. The van der Waals surface area contributed by atoms with Gasteiger partial charge in [0, 0.05) is 137 Å². The number of halogens is 12. The molecule has 130 heavy (non-hydrogen) atoms. The summed E-state index contributed by atoms with van der Waals surface area (Å²) in [7, 11) is 8.87. The van der Waals surface area contributed by atoms with Crippen LogP contribution in [0.2, 0.25) is 55.2 Å². The molecule has 670 valence electrons. The van der Waals surface area contributed by atoms with Crippen molar-refractivity contribution >= 4 is 207 Å². The Morgan fingerprint density at radius 3 is 1.27 bits per heavy atom. The van der Waals surface area contributed by atoms with E-state index in [4.69, 9.17) is 190 Å². The predicted octanol–water partition coefficient (Wildman–Crippen LogP) is 20.8. The van der Waals surface area contributed by atoms with Crippen LogP contribution in [0.3, 0.4) is 0 Å². The van der Waals surface area contributed by atoms with E-state index in [1.54, 1.807) is 54.9 Å². The number of methoxy groups -OCH3 is 2. The van der Waals surface area contributed by atoms with E-state index >= 15 is 0 Å². The molecule has 0 saturated heterocycles. The van der Waals surface area contributed by atoms with Gasteiger partial charge in [0.2, 0.25) is 35.7 Å². The largest absolute Gasteiger partial charge is 0.495 e. The van der Waals surface area contributed by atoms with Crippen molar-refractivity contribution in [1.29, 1.82) is 0 Å². The van der Waals surface area contributed by atoms with E-state index in [0.29, 0.717) is 139 Å². The summed E-state index contributed by atoms with van der Waals surface area (Å²) in [5, 5.41) is 5.37. The van der Waals surface area contributed by atoms with E-state index in [0.717, 1.165) is 188 Å². The van der Waals surface area contributed by atoms with E-state index in [9.17, 15) is 4.39 Å². The molecule has 5 aliphatic rings. The van der Waals surface area contributed by atoms with Gasteiger partial charge in [0.05, 0.1) is 145 Å². The summed E-state index contributed by atoms with van der Waals surface area (Å²) in [5.41, 5.74) is 57.1. The van der Waals surface area contributed by atoms with Crippen LogP contribution in [0, 0.1) is 5.82 Å². The summed E-state index contributed by atoms with van der Waals surface area (Å²) in [6.45, 7) is 5.95. The molecule has 29 nitrogen and oxygen atoms in total. The molecule has 21 rings (SSSR count). The van der Waals surface area contributed by atoms with Crippen LogP contribution < -0.4 is 62.8 Å². The molecule has 6 aromatic carbocycles. The molecule has 0 atom stereocenters. The fraction of sp³-hybridized carbons (Fsp3) is 0.236. The van der Waals surface area contributed by atoms with Gasteiger partial charge in [-0.3, -0.25) is 0 Å². The van der Waals surface area contributed by atoms with Crippen molar-refractivity contribution in [1.82, 2.24) is 83.8 Å². The fourth-order valence-electron chi connectivity index (χ4n) is 16.2. The lowest BCUT2D eigenvalue weighted by atomic mass is 10.0. The first-order chi connectivity index (χ1) is 62.4. The topological polar surface area (TPSA) is 411 Å². The van der Waals surface area contributed by atoms with E-state index < -0.39 is 5.82 Å². The Morgan fingerprint density at radius 1 is 0.400 bits per heavy atom. The minimum atomic E-state index is -0.500. The van der Waals surface area contributed by atoms with Gasteiger partial charge in [-0.15, -0.1) is 0 Å². The van der Waals surface area contributed by atoms with Gasteiger partial charge in [0.15, 0.2) is 11.6 Å². The quantitative estimate of drug-likeness (QED) is 0.0531. The number of nitrogens with zero attached hydrogens (tertiary/aromatic N) is 15. The number of rotatable bonds is 13. The smallest absolute Gasteiger partial charge is 0.221 e. The Balaban J connectivity index is 0.000000114. The van der Waals surface area contributed by atoms with Gasteiger partial charge in [-0.05, 0) is 138 Å². The maximum atomic E-state index is 13.6. The first kappa shape index (κ1) is 91.9. The molecule has 2 aliphatic carbocycles. The monoisotopic (exact) mass is 1970 g/mol. The molecule has 41 heteroatoms. The van der Waals surface area contributed by atoms with Crippen LogP contribution in [0.5, 0.6) is 34.5 Å². The number of likely N-dealkylation sites (N-methyl/N-ethyl adjacent to an activating group) is 1. The number of hydrogen-bond donors (Lipinski definition) is 8. The highest BCUT2D eigenvalue weighted by molar-refractivity contribution is 6.41. The number of nitrogen functional groups attached to an aromatic ring is 6. The third-order valence-corrected chi connectivity index (χ3v) is 25.1. The lowest BCUT2D eigenvalue weighted by Crippen LogP contribution is -2.19. The summed E-state index contributed by atoms with van der Waals surface area (Å²) in [4.78, 5) is 60.0. The van der Waals surface area contributed by atoms with Crippen LogP contribution in [0.1, 0.15) is 59.0 Å². The molecule has 0 unspecified atom stereocenters. The Kier molecular flexibility index (Phi) is 27.6. The highest BCUT2D eigenvalue weighted by Crippen LogP contribution is 2.51. The van der Waals surface area contributed by atoms with Crippen LogP contribution in [-0.2, 0) is 58.5 Å². The first-order valence-corrected chi connectivity index (χ1v) is 44.6. The second-order valence-corrected chi connectivity index (χ2v) is 34.8. The number of nitrogens with one attached hydrogen (secondary N) is 2. The summed E-state index contributed by atoms with van der Waals surface area (Å²) in [6, 6.07) is 22.2. The molecule has 0 bridgehead atoms. The normalized spacial score (nSPS) is 13.0. The molecule has 14 N–H and O–H groups in total. The molecule has 0 saturated carbocycles. The molecule has 13 heterocycles. The zero-order chi connectivity index (χ0) is 91.9. The van der Waals surface area contributed by atoms with Crippen molar-refractivity contribution in [3.05, 3.63) is 204 Å². The maximum Gasteiger partial charge on any atom is 0.221 e. The average molecular weight is 1980 g/mol. The van der Waals surface area contributed by atoms with E-state index in [1.165, 1.54) is 20.3 Å². The number of fused-ring (bicyclic) bond motifs is 9. The number of aromatic nitrogens is 16. The van der Waals surface area contributed by atoms with Crippen molar-refractivity contribution in [2.24, 2.45) is 7.05 Å². The first-order valence-electron chi connectivity index (χ1n) is 40.4. The molecule has 0 spiro atoms. The number of ether oxygens (including phenoxy) is 6. The van der Waals surface area contributed by atoms with Gasteiger partial charge >= 0.3 is 0 Å². The summed E-state index contributed by atoms with van der Waals surface area (Å²) >= 11 is 69.2. The van der Waals surface area contributed by atoms with Crippen LogP contribution in [0.15, 0.2) is 104 Å². The Labute approximate surface area is 797 Å². The van der Waals surface area contributed by atoms with E-state index in [-0.39, 0.29) is 46.5 Å². The number of nitrogens with two attached hydrogens (primary N) is 6. The van der Waals surface area contributed by atoms with E-state index in [2.05, 4.69) is 81.3 Å². The van der Waals surface area contributed by atoms with Crippen molar-refractivity contribution in [2.75, 3.05) is 95.7 Å². The Morgan fingerprint density at radius 2 is 0.785 bits per heavy atom. The molecule has 0 radical (unpaired) electrons. The lowest BCUT2D eigenvalue weighted by Gasteiger charge is -2.15. The molecule has 0 fully saturated rings. The van der Waals surface area contributed by atoms with Gasteiger partial charge in [-0.2, -0.15) is 0 Å². The highest BCUT2D eigenvalue weighted by Gasteiger charge is 2.32. The minimum Gasteiger partial charge on any atom is -0.495 e. The van der Waals surface area contributed by atoms with Crippen molar-refractivity contribution < 1.29 is 32.8 Å². The van der Waals surface area contributed by atoms with Gasteiger partial charge in [-0.1, -0.05) is 128 Å². The maximum absolute atomic E-state index is 13.6. The van der Waals surface area contributed by atoms with Crippen molar-refractivity contribution in [3.8, 4) is 102 Å². The number of H-pyrrole nitrogens is 2. The molecule has 0 amide bonds. The third-order valence-electron chi connectivity index (χ3n) is 21.9. The molecule has 10 aromatic heterocycles. The Bertz CT molecular complexity index is 7140. The van der Waals surface area contributed by atoms with Crippen molar-refractivity contribution in [2.45, 2.75) is 71.3 Å². The fourth-order valence-corrected chi connectivity index (χ4v) is 19.4. The van der Waals surface area contributed by atoms with Crippen LogP contribution in [-0.4, -0.2) is 145 Å². The summed E-state index contributed by atoms with van der Waals surface area (Å²) in [5.74, 6) is 4.09. The zero-order valence-corrected chi connectivity index (χ0v) is 78.4. The average Bonchev–Trinajstić information content (AvgIpc) is 1.58. The second-order valence-electron chi connectivity index (χ2n) is 30.3. The molecule has 3 aliphatic heterocycles. The summed E-state index contributed by atoms with van der Waals surface area (Å²) in [6.07, 6.45) is 15.3. The third kappa shape index (κ3) is 18.7. The SMILES string of the molecule is CCn1ccc2nc(N)nc(-c3c(Cl)cc(Cl)c4c3CCO4)c21.CN(C)CCOc1cc(-c2nc(N)nc3c2CCC3)c(Cl)cc1Cl.COc1cc(-c2nc(N)nc3c2CCC3)c(Cl)cc1F.COc1cc(-c2nc(N)nc3cc[nH]c23)c(Cl)cc1Cl.Cn1ccc2nc(N)nc(-c3c(Cl)cc(Cl)c4c3CCO4)c21.Nc1nc(-c2c(Cl)cc(Cl)c3c2CCO3)c2[nH]ccc2n1. The van der Waals surface area contributed by atoms with Crippen LogP contribution >= 0.6 is 128 Å². The number of aryl methyl sites for hydroxylation is 4. The van der Waals surface area contributed by atoms with Gasteiger partial charge in [0.25, 0.3) is 0 Å². The zero-order valence-electron chi connectivity index (χ0n) is 70.1. The summed E-state index contributed by atoms with van der Waals surface area (Å²) < 4.78 is 50.6. The van der Waals surface area contributed by atoms with Crippen molar-refractivity contribution in [3.63, 3.8) is 0 Å². The number of hydrogen-bond acceptors (Lipinski definition) is 25. The predicted molar refractivity (Wildman–Crippen MR) is 517 cm³/mol. The Hall–Kier alpha value is -11.4. The molecule has 16 aromatic rings. The number of benzene rings is 6. The second kappa shape index (κ2) is 39.0. The lowest BCUT2D eigenvalue weighted by molar-refractivity contribution is 0.261. The van der Waals surface area contributed by atoms with E-state index in [1.807, 2.05) is 73.3 Å². The molecular weight excluding hydrogens is 1900 g/mol. The highest BCUT2D eigenvalue weighted by atomic mass is 35.5. The number of anilines is 6. The minimum absolute atomic E-state index is 0.133. The van der Waals surface area contributed by atoms with Gasteiger partial charge in [0.1, 0.15) is 58.1 Å². The van der Waals surface area contributed by atoms with Gasteiger partial charge in [-0.25, -0.2) is 64.2 Å². The van der Waals surface area contributed by atoms with Gasteiger partial charge < -0.3 is 86.8 Å². The standard InChI is InChI=1S/C17H20Cl2N4O.C16H14Cl2N4O.C15H12Cl2N4O.C14H10Cl2N4O.C14H13ClFN3O.C13H10Cl2N4O/c1-23(2)6-7-24-15-8-11(12(18)9-13(15)19)16-10-4-3-5-14(10)21-17(20)22-16;1-2-22-5-3-11-14(22)13(21-16(19)20-11)12-8-4-6-23-15(8)10(18)7-9(12)17;1-21-4-2-10-13(21)12(20-15(18)19-10)11-7-3-5-22-14(7)9(17)6-8(11)16;15-7-5-8(16)13-6(2-4-21-13)10(7)12-11-9(1-3-18-11)19-14(17)20-12;1-20-12-5-8(9(15)6-10(12)16)13-7-3-2-4-11(7)18-14(17)19-13;1-20-10-4-6(7(14)5-8(10)15)11-12-9(2-3-17-12)18-13(16)19-11/h8-9H,3-7H2,1-2H3,(H2,20,21,22);3,5,7H,2,4,6H2,1H3,(H2,19,20,21);2,4,6H,3,5H2,1H3,(H2,18,19,20);1,3,5,18H,2,4H2,(H2,17,19,20);5-6H,2-4H2,1H3,(H2,17,18,19);2-5,17H,1H3,(H2,16,18,19). The van der Waals surface area contributed by atoms with Crippen LogP contribution in [0.4, 0.5) is 40.1 Å². The molecular formula is C89H79Cl11FN23O6. The van der Waals surface area contributed by atoms with Crippen LogP contribution in [0.25, 0.3) is 112 Å².